The van der Waals surface area contributed by atoms with Crippen LogP contribution in [-0.2, 0) is 0 Å². The Bertz CT molecular complexity index is 418. The highest BCUT2D eigenvalue weighted by molar-refractivity contribution is 5.36. The molecule has 0 amide bonds. The summed E-state index contributed by atoms with van der Waals surface area (Å²) in [5, 5.41) is 13.7. The first kappa shape index (κ1) is 12.2. The third-order valence-electron chi connectivity index (χ3n) is 3.42. The first-order chi connectivity index (χ1) is 8.24. The molecule has 1 aromatic carbocycles. The smallest absolute Gasteiger partial charge is 0.141 e. The second-order valence-corrected chi connectivity index (χ2v) is 4.63. The standard InChI is InChI=1S/C15H19NO/c1-16-14-9-5-6-11-15(14,17)12-10-13-7-3-2-4-8-13/h2-4,7-8,14,16-17H,5-6,9,11H2,1H3/t14-,15+/m1/s1. The van der Waals surface area contributed by atoms with Gasteiger partial charge in [0.2, 0.25) is 0 Å². The van der Waals surface area contributed by atoms with Gasteiger partial charge in [-0.2, -0.15) is 0 Å². The summed E-state index contributed by atoms with van der Waals surface area (Å²) in [5.41, 5.74) is 0.0874. The first-order valence-corrected chi connectivity index (χ1v) is 6.22. The van der Waals surface area contributed by atoms with E-state index in [9.17, 15) is 5.11 Å². The van der Waals surface area contributed by atoms with Crippen LogP contribution in [-0.4, -0.2) is 23.8 Å². The SMILES string of the molecule is CN[C@@H]1CCCC[C@]1(O)C#Cc1ccccc1. The molecule has 2 N–H and O–H groups in total. The molecule has 0 spiro atoms. The van der Waals surface area contributed by atoms with E-state index in [2.05, 4.69) is 17.2 Å². The second-order valence-electron chi connectivity index (χ2n) is 4.63. The number of hydrogen-bond acceptors (Lipinski definition) is 2. The summed E-state index contributed by atoms with van der Waals surface area (Å²) >= 11 is 0. The van der Waals surface area contributed by atoms with E-state index in [-0.39, 0.29) is 6.04 Å². The molecule has 1 aliphatic carbocycles. The molecule has 90 valence electrons. The van der Waals surface area contributed by atoms with Gasteiger partial charge in [-0.1, -0.05) is 36.5 Å². The molecule has 0 aliphatic heterocycles. The van der Waals surface area contributed by atoms with Crippen LogP contribution >= 0.6 is 0 Å². The maximum Gasteiger partial charge on any atom is 0.141 e. The molecule has 1 saturated carbocycles. The zero-order chi connectivity index (χ0) is 12.1. The van der Waals surface area contributed by atoms with Gasteiger partial charge in [-0.25, -0.2) is 0 Å². The lowest BCUT2D eigenvalue weighted by Gasteiger charge is -2.35. The molecule has 1 aliphatic rings. The number of hydrogen-bond donors (Lipinski definition) is 2. The summed E-state index contributed by atoms with van der Waals surface area (Å²) in [6.45, 7) is 0. The Morgan fingerprint density at radius 2 is 2.06 bits per heavy atom. The van der Waals surface area contributed by atoms with Gasteiger partial charge in [-0.3, -0.25) is 0 Å². The normalized spacial score (nSPS) is 28.2. The summed E-state index contributed by atoms with van der Waals surface area (Å²) in [7, 11) is 1.89. The van der Waals surface area contributed by atoms with Crippen molar-refractivity contribution in [1.82, 2.24) is 5.32 Å². The number of aliphatic hydroxyl groups is 1. The molecular formula is C15H19NO. The largest absolute Gasteiger partial charge is 0.376 e. The van der Waals surface area contributed by atoms with E-state index >= 15 is 0 Å². The number of likely N-dealkylation sites (N-methyl/N-ethyl adjacent to an activating group) is 1. The molecule has 0 bridgehead atoms. The Morgan fingerprint density at radius 3 is 2.76 bits per heavy atom. The zero-order valence-electron chi connectivity index (χ0n) is 10.2. The van der Waals surface area contributed by atoms with Crippen molar-refractivity contribution >= 4 is 0 Å². The fraction of sp³-hybridized carbons (Fsp3) is 0.467. The van der Waals surface area contributed by atoms with Crippen LogP contribution in [0.15, 0.2) is 30.3 Å². The average Bonchev–Trinajstić information content (AvgIpc) is 2.38. The molecule has 2 rings (SSSR count). The molecule has 0 saturated heterocycles. The predicted octanol–water partition coefficient (Wildman–Crippen LogP) is 1.93. The molecule has 1 fully saturated rings. The lowest BCUT2D eigenvalue weighted by molar-refractivity contribution is 0.0291. The fourth-order valence-corrected chi connectivity index (χ4v) is 2.39. The van der Waals surface area contributed by atoms with E-state index < -0.39 is 5.60 Å². The minimum atomic E-state index is -0.872. The molecule has 0 unspecified atom stereocenters. The molecule has 0 aromatic heterocycles. The van der Waals surface area contributed by atoms with Crippen LogP contribution < -0.4 is 5.32 Å². The van der Waals surface area contributed by atoms with Crippen LogP contribution in [0, 0.1) is 11.8 Å². The van der Waals surface area contributed by atoms with Crippen molar-refractivity contribution in [3.63, 3.8) is 0 Å². The third-order valence-corrected chi connectivity index (χ3v) is 3.42. The van der Waals surface area contributed by atoms with Crippen LogP contribution in [0.25, 0.3) is 0 Å². The van der Waals surface area contributed by atoms with Gasteiger partial charge in [-0.05, 0) is 38.4 Å². The van der Waals surface area contributed by atoms with Crippen LogP contribution in [0.2, 0.25) is 0 Å². The van der Waals surface area contributed by atoms with E-state index in [1.807, 2.05) is 37.4 Å². The van der Waals surface area contributed by atoms with Crippen molar-refractivity contribution in [3.8, 4) is 11.8 Å². The summed E-state index contributed by atoms with van der Waals surface area (Å²) < 4.78 is 0. The molecule has 1 aromatic rings. The van der Waals surface area contributed by atoms with Crippen molar-refractivity contribution in [2.75, 3.05) is 7.05 Å². The monoisotopic (exact) mass is 229 g/mol. The molecule has 2 nitrogen and oxygen atoms in total. The fourth-order valence-electron chi connectivity index (χ4n) is 2.39. The van der Waals surface area contributed by atoms with Gasteiger partial charge in [0.25, 0.3) is 0 Å². The van der Waals surface area contributed by atoms with E-state index in [0.717, 1.165) is 24.8 Å². The van der Waals surface area contributed by atoms with E-state index in [0.29, 0.717) is 0 Å². The molecule has 17 heavy (non-hydrogen) atoms. The van der Waals surface area contributed by atoms with Crippen LogP contribution in [0.3, 0.4) is 0 Å². The average molecular weight is 229 g/mol. The number of rotatable bonds is 1. The lowest BCUT2D eigenvalue weighted by Crippen LogP contribution is -2.50. The van der Waals surface area contributed by atoms with Gasteiger partial charge in [0.1, 0.15) is 5.60 Å². The van der Waals surface area contributed by atoms with Crippen LogP contribution in [0.5, 0.6) is 0 Å². The quantitative estimate of drug-likeness (QED) is 0.721. The second kappa shape index (κ2) is 5.35. The number of benzene rings is 1. The van der Waals surface area contributed by atoms with E-state index in [1.165, 1.54) is 6.42 Å². The Morgan fingerprint density at radius 1 is 1.29 bits per heavy atom. The van der Waals surface area contributed by atoms with Gasteiger partial charge in [0.15, 0.2) is 0 Å². The molecular weight excluding hydrogens is 210 g/mol. The van der Waals surface area contributed by atoms with Gasteiger partial charge in [-0.15, -0.1) is 0 Å². The highest BCUT2D eigenvalue weighted by Gasteiger charge is 2.36. The van der Waals surface area contributed by atoms with E-state index in [1.54, 1.807) is 0 Å². The van der Waals surface area contributed by atoms with Crippen molar-refractivity contribution in [3.05, 3.63) is 35.9 Å². The van der Waals surface area contributed by atoms with Gasteiger partial charge in [0, 0.05) is 11.6 Å². The highest BCUT2D eigenvalue weighted by atomic mass is 16.3. The van der Waals surface area contributed by atoms with Crippen molar-refractivity contribution in [2.24, 2.45) is 0 Å². The first-order valence-electron chi connectivity index (χ1n) is 6.22. The highest BCUT2D eigenvalue weighted by Crippen LogP contribution is 2.27. The molecule has 0 heterocycles. The van der Waals surface area contributed by atoms with Crippen molar-refractivity contribution in [1.29, 1.82) is 0 Å². The summed E-state index contributed by atoms with van der Waals surface area (Å²) in [5.74, 6) is 6.14. The minimum Gasteiger partial charge on any atom is -0.376 e. The number of nitrogens with one attached hydrogen (secondary N) is 1. The molecule has 0 radical (unpaired) electrons. The van der Waals surface area contributed by atoms with Crippen molar-refractivity contribution in [2.45, 2.75) is 37.3 Å². The Labute approximate surface area is 103 Å². The Balaban J connectivity index is 2.18. The van der Waals surface area contributed by atoms with Crippen molar-refractivity contribution < 1.29 is 5.11 Å². The minimum absolute atomic E-state index is 0.0902. The maximum absolute atomic E-state index is 10.6. The Hall–Kier alpha value is -1.30. The molecule has 2 atom stereocenters. The van der Waals surface area contributed by atoms with Crippen LogP contribution in [0.1, 0.15) is 31.2 Å². The topological polar surface area (TPSA) is 32.3 Å². The third kappa shape index (κ3) is 2.88. The van der Waals surface area contributed by atoms with Gasteiger partial charge >= 0.3 is 0 Å². The van der Waals surface area contributed by atoms with Gasteiger partial charge in [0.05, 0.1) is 0 Å². The predicted molar refractivity (Wildman–Crippen MR) is 69.6 cm³/mol. The Kier molecular flexibility index (Phi) is 3.83. The van der Waals surface area contributed by atoms with E-state index in [4.69, 9.17) is 0 Å². The lowest BCUT2D eigenvalue weighted by atomic mass is 9.80. The summed E-state index contributed by atoms with van der Waals surface area (Å²) in [6.07, 6.45) is 3.98. The maximum atomic E-state index is 10.6. The molecule has 2 heteroatoms. The summed E-state index contributed by atoms with van der Waals surface area (Å²) in [6, 6.07) is 9.92. The summed E-state index contributed by atoms with van der Waals surface area (Å²) in [4.78, 5) is 0. The zero-order valence-corrected chi connectivity index (χ0v) is 10.2. The van der Waals surface area contributed by atoms with Gasteiger partial charge < -0.3 is 10.4 Å². The van der Waals surface area contributed by atoms with Crippen LogP contribution in [0.4, 0.5) is 0 Å².